The molecule has 27 heavy (non-hydrogen) atoms. The highest BCUT2D eigenvalue weighted by atomic mass is 32.2. The first kappa shape index (κ1) is 20.1. The van der Waals surface area contributed by atoms with Crippen LogP contribution in [0.15, 0.2) is 29.2 Å². The van der Waals surface area contributed by atoms with Crippen LogP contribution in [0.2, 0.25) is 0 Å². The van der Waals surface area contributed by atoms with Crippen molar-refractivity contribution < 1.29 is 17.9 Å². The molecular formula is C19H29N3O4S. The topological polar surface area (TPSA) is 79.0 Å². The van der Waals surface area contributed by atoms with Crippen molar-refractivity contribution in [2.75, 3.05) is 39.3 Å². The third-order valence-electron chi connectivity index (χ3n) is 5.36. The molecule has 1 amide bonds. The monoisotopic (exact) mass is 395 g/mol. The molecule has 0 aliphatic carbocycles. The Labute approximate surface area is 161 Å². The summed E-state index contributed by atoms with van der Waals surface area (Å²) in [6.45, 7) is 7.60. The van der Waals surface area contributed by atoms with Crippen LogP contribution in [0.25, 0.3) is 0 Å². The molecule has 0 aromatic heterocycles. The van der Waals surface area contributed by atoms with E-state index in [2.05, 4.69) is 12.2 Å². The fraction of sp³-hybridized carbons (Fsp3) is 0.632. The van der Waals surface area contributed by atoms with E-state index in [0.717, 1.165) is 19.6 Å². The summed E-state index contributed by atoms with van der Waals surface area (Å²) in [5.74, 6) is 0.741. The lowest BCUT2D eigenvalue weighted by Crippen LogP contribution is -2.55. The molecule has 0 spiro atoms. The molecule has 0 unspecified atom stereocenters. The Morgan fingerprint density at radius 1 is 1.19 bits per heavy atom. The summed E-state index contributed by atoms with van der Waals surface area (Å²) in [5.41, 5.74) is 0. The standard InChI is InChI=1S/C19H29N3O4S/c1-3-26-17-4-6-18(7-5-17)27(24,25)21-11-8-16(9-12-21)19(23)22-13-10-20-14-15(22)2/h4-7,15-16,20H,3,8-14H2,1-2H3/t15-/m0/s1. The largest absolute Gasteiger partial charge is 0.494 e. The van der Waals surface area contributed by atoms with Crippen molar-refractivity contribution in [3.05, 3.63) is 24.3 Å². The van der Waals surface area contributed by atoms with Gasteiger partial charge in [-0.2, -0.15) is 4.31 Å². The second-order valence-corrected chi connectivity index (χ2v) is 9.11. The SMILES string of the molecule is CCOc1ccc(S(=O)(=O)N2CCC(C(=O)N3CCNC[C@@H]3C)CC2)cc1. The van der Waals surface area contributed by atoms with Gasteiger partial charge >= 0.3 is 0 Å². The van der Waals surface area contributed by atoms with E-state index in [9.17, 15) is 13.2 Å². The van der Waals surface area contributed by atoms with E-state index >= 15 is 0 Å². The summed E-state index contributed by atoms with van der Waals surface area (Å²) in [6.07, 6.45) is 1.15. The molecule has 2 aliphatic heterocycles. The summed E-state index contributed by atoms with van der Waals surface area (Å²) < 4.78 is 32.6. The Balaban J connectivity index is 1.61. The lowest BCUT2D eigenvalue weighted by Gasteiger charge is -2.38. The predicted octanol–water partition coefficient (Wildman–Crippen LogP) is 1.31. The molecule has 1 aromatic carbocycles. The highest BCUT2D eigenvalue weighted by molar-refractivity contribution is 7.89. The lowest BCUT2D eigenvalue weighted by molar-refractivity contribution is -0.139. The minimum Gasteiger partial charge on any atom is -0.494 e. The van der Waals surface area contributed by atoms with Crippen LogP contribution in [-0.4, -0.2) is 68.9 Å². The third kappa shape index (κ3) is 4.44. The minimum absolute atomic E-state index is 0.0858. The number of nitrogens with one attached hydrogen (secondary N) is 1. The third-order valence-corrected chi connectivity index (χ3v) is 7.27. The number of hydrogen-bond donors (Lipinski definition) is 1. The molecule has 8 heteroatoms. The van der Waals surface area contributed by atoms with E-state index in [1.165, 1.54) is 4.31 Å². The molecule has 7 nitrogen and oxygen atoms in total. The number of piperazine rings is 1. The maximum absolute atomic E-state index is 12.9. The normalized spacial score (nSPS) is 22.6. The second-order valence-electron chi connectivity index (χ2n) is 7.17. The van der Waals surface area contributed by atoms with Gasteiger partial charge in [-0.3, -0.25) is 4.79 Å². The van der Waals surface area contributed by atoms with Crippen LogP contribution >= 0.6 is 0 Å². The van der Waals surface area contributed by atoms with Gasteiger partial charge in [0.1, 0.15) is 5.75 Å². The molecule has 150 valence electrons. The molecule has 0 saturated carbocycles. The maximum Gasteiger partial charge on any atom is 0.243 e. The van der Waals surface area contributed by atoms with E-state index in [1.54, 1.807) is 24.3 Å². The Bertz CT molecular complexity index is 743. The number of carbonyl (C=O) groups is 1. The fourth-order valence-corrected chi connectivity index (χ4v) is 5.24. The molecule has 2 saturated heterocycles. The average Bonchev–Trinajstić information content (AvgIpc) is 2.69. The Kier molecular flexibility index (Phi) is 6.39. The summed E-state index contributed by atoms with van der Waals surface area (Å²) in [7, 11) is -3.54. The molecule has 2 fully saturated rings. The minimum atomic E-state index is -3.54. The molecule has 1 aromatic rings. The van der Waals surface area contributed by atoms with Crippen LogP contribution in [0.5, 0.6) is 5.75 Å². The first-order chi connectivity index (χ1) is 12.9. The molecule has 1 atom stereocenters. The molecule has 2 heterocycles. The van der Waals surface area contributed by atoms with E-state index in [-0.39, 0.29) is 22.8 Å². The summed E-state index contributed by atoms with van der Waals surface area (Å²) >= 11 is 0. The number of nitrogens with zero attached hydrogens (tertiary/aromatic N) is 2. The van der Waals surface area contributed by atoms with Gasteiger partial charge in [0.15, 0.2) is 0 Å². The van der Waals surface area contributed by atoms with Gasteiger partial charge in [0, 0.05) is 44.7 Å². The Morgan fingerprint density at radius 3 is 2.44 bits per heavy atom. The number of rotatable bonds is 5. The molecular weight excluding hydrogens is 366 g/mol. The van der Waals surface area contributed by atoms with E-state index < -0.39 is 10.0 Å². The summed E-state index contributed by atoms with van der Waals surface area (Å²) in [6, 6.07) is 6.72. The number of hydrogen-bond acceptors (Lipinski definition) is 5. The number of amides is 1. The van der Waals surface area contributed by atoms with Crippen LogP contribution in [0.1, 0.15) is 26.7 Å². The molecule has 0 bridgehead atoms. The van der Waals surface area contributed by atoms with Crippen molar-refractivity contribution in [3.63, 3.8) is 0 Å². The average molecular weight is 396 g/mol. The summed E-state index contributed by atoms with van der Waals surface area (Å²) in [5, 5.41) is 3.29. The van der Waals surface area contributed by atoms with Crippen molar-refractivity contribution in [2.45, 2.75) is 37.6 Å². The van der Waals surface area contributed by atoms with Crippen molar-refractivity contribution in [3.8, 4) is 5.75 Å². The Hall–Kier alpha value is -1.64. The highest BCUT2D eigenvalue weighted by Gasteiger charge is 2.35. The van der Waals surface area contributed by atoms with Crippen LogP contribution in [0.4, 0.5) is 0 Å². The van der Waals surface area contributed by atoms with Gasteiger partial charge in [0.05, 0.1) is 11.5 Å². The van der Waals surface area contributed by atoms with Gasteiger partial charge in [0.25, 0.3) is 0 Å². The van der Waals surface area contributed by atoms with E-state index in [0.29, 0.717) is 38.3 Å². The number of carbonyl (C=O) groups excluding carboxylic acids is 1. The van der Waals surface area contributed by atoms with Gasteiger partial charge in [-0.15, -0.1) is 0 Å². The predicted molar refractivity (Wildman–Crippen MR) is 103 cm³/mol. The number of benzene rings is 1. The summed E-state index contributed by atoms with van der Waals surface area (Å²) in [4.78, 5) is 15.0. The van der Waals surface area contributed by atoms with Gasteiger partial charge in [-0.1, -0.05) is 0 Å². The molecule has 0 radical (unpaired) electrons. The number of piperidine rings is 1. The van der Waals surface area contributed by atoms with Crippen LogP contribution < -0.4 is 10.1 Å². The van der Waals surface area contributed by atoms with Gasteiger partial charge in [-0.25, -0.2) is 8.42 Å². The fourth-order valence-electron chi connectivity index (χ4n) is 3.77. The zero-order valence-electron chi connectivity index (χ0n) is 16.1. The van der Waals surface area contributed by atoms with Gasteiger partial charge in [-0.05, 0) is 51.0 Å². The molecule has 2 aliphatic rings. The van der Waals surface area contributed by atoms with Crippen LogP contribution in [0.3, 0.4) is 0 Å². The highest BCUT2D eigenvalue weighted by Crippen LogP contribution is 2.26. The van der Waals surface area contributed by atoms with Crippen molar-refractivity contribution >= 4 is 15.9 Å². The van der Waals surface area contributed by atoms with Crippen LogP contribution in [-0.2, 0) is 14.8 Å². The van der Waals surface area contributed by atoms with Gasteiger partial charge < -0.3 is 15.0 Å². The number of ether oxygens (including phenoxy) is 1. The van der Waals surface area contributed by atoms with Crippen molar-refractivity contribution in [1.82, 2.24) is 14.5 Å². The van der Waals surface area contributed by atoms with Crippen molar-refractivity contribution in [2.24, 2.45) is 5.92 Å². The zero-order chi connectivity index (χ0) is 19.4. The van der Waals surface area contributed by atoms with Gasteiger partial charge in [0.2, 0.25) is 15.9 Å². The zero-order valence-corrected chi connectivity index (χ0v) is 16.9. The van der Waals surface area contributed by atoms with E-state index in [1.807, 2.05) is 11.8 Å². The quantitative estimate of drug-likeness (QED) is 0.813. The van der Waals surface area contributed by atoms with Crippen LogP contribution in [0, 0.1) is 5.92 Å². The van der Waals surface area contributed by atoms with Crippen molar-refractivity contribution in [1.29, 1.82) is 0 Å². The number of sulfonamides is 1. The smallest absolute Gasteiger partial charge is 0.243 e. The first-order valence-corrected chi connectivity index (χ1v) is 11.1. The molecule has 1 N–H and O–H groups in total. The molecule has 3 rings (SSSR count). The van der Waals surface area contributed by atoms with E-state index in [4.69, 9.17) is 4.74 Å². The maximum atomic E-state index is 12.9. The Morgan fingerprint density at radius 2 is 1.85 bits per heavy atom. The first-order valence-electron chi connectivity index (χ1n) is 9.67. The second kappa shape index (κ2) is 8.58. The lowest BCUT2D eigenvalue weighted by atomic mass is 9.95.